The van der Waals surface area contributed by atoms with E-state index in [4.69, 9.17) is 9.47 Å². The molecule has 6 heteroatoms. The number of benzene rings is 1. The number of nitrogens with zero attached hydrogens (tertiary/aromatic N) is 1. The van der Waals surface area contributed by atoms with E-state index in [1.165, 1.54) is 0 Å². The summed E-state index contributed by atoms with van der Waals surface area (Å²) in [6.45, 7) is 9.36. The summed E-state index contributed by atoms with van der Waals surface area (Å²) in [5.41, 5.74) is -0.0741. The number of amides is 1. The third-order valence-electron chi connectivity index (χ3n) is 4.41. The maximum atomic E-state index is 13.0. The number of hydrogen-bond acceptors (Lipinski definition) is 4. The molecule has 1 aromatic rings. The van der Waals surface area contributed by atoms with Gasteiger partial charge in [0.1, 0.15) is 11.2 Å². The highest BCUT2D eigenvalue weighted by molar-refractivity contribution is 9.10. The Labute approximate surface area is 164 Å². The summed E-state index contributed by atoms with van der Waals surface area (Å²) in [5.74, 6) is 0. The molecule has 2 atom stereocenters. The summed E-state index contributed by atoms with van der Waals surface area (Å²) < 4.78 is 11.8. The van der Waals surface area contributed by atoms with Crippen LogP contribution >= 0.6 is 15.9 Å². The number of carbonyl (C=O) groups is 1. The Bertz CT molecular complexity index is 670. The summed E-state index contributed by atoms with van der Waals surface area (Å²) in [7, 11) is 1.55. The molecule has 1 aliphatic rings. The van der Waals surface area contributed by atoms with Gasteiger partial charge in [-0.1, -0.05) is 22.0 Å². The lowest BCUT2D eigenvalue weighted by molar-refractivity contribution is -0.0555. The van der Waals surface area contributed by atoms with Gasteiger partial charge in [-0.05, 0) is 63.8 Å². The molecule has 0 radical (unpaired) electrons. The molecule has 26 heavy (non-hydrogen) atoms. The van der Waals surface area contributed by atoms with Gasteiger partial charge >= 0.3 is 6.09 Å². The van der Waals surface area contributed by atoms with E-state index in [1.54, 1.807) is 18.1 Å². The van der Waals surface area contributed by atoms with Crippen LogP contribution in [0.1, 0.15) is 39.2 Å². The van der Waals surface area contributed by atoms with E-state index in [-0.39, 0.29) is 6.61 Å². The van der Waals surface area contributed by atoms with Crippen LogP contribution in [-0.4, -0.2) is 42.2 Å². The van der Waals surface area contributed by atoms with Crippen molar-refractivity contribution in [1.29, 1.82) is 0 Å². The van der Waals surface area contributed by atoms with Crippen molar-refractivity contribution in [2.45, 2.75) is 57.3 Å². The normalized spacial score (nSPS) is 19.0. The third kappa shape index (κ3) is 4.67. The lowest BCUT2D eigenvalue weighted by Gasteiger charge is -2.39. The number of halogens is 1. The molecule has 0 aliphatic carbocycles. The van der Waals surface area contributed by atoms with Crippen LogP contribution in [0.25, 0.3) is 0 Å². The Morgan fingerprint density at radius 3 is 2.73 bits per heavy atom. The van der Waals surface area contributed by atoms with Crippen LogP contribution in [0.5, 0.6) is 0 Å². The number of ether oxygens (including phenoxy) is 2. The molecule has 0 unspecified atom stereocenters. The monoisotopic (exact) mass is 425 g/mol. The Morgan fingerprint density at radius 1 is 1.46 bits per heavy atom. The van der Waals surface area contributed by atoms with Gasteiger partial charge in [-0.25, -0.2) is 4.79 Å². The van der Waals surface area contributed by atoms with Crippen molar-refractivity contribution in [3.63, 3.8) is 0 Å². The highest BCUT2D eigenvalue weighted by Crippen LogP contribution is 2.40. The topological polar surface area (TPSA) is 59.0 Å². The van der Waals surface area contributed by atoms with Crippen LogP contribution in [0.4, 0.5) is 10.5 Å². The second-order valence-corrected chi connectivity index (χ2v) is 8.62. The van der Waals surface area contributed by atoms with Gasteiger partial charge in [-0.2, -0.15) is 0 Å². The quantitative estimate of drug-likeness (QED) is 0.683. The van der Waals surface area contributed by atoms with Gasteiger partial charge in [-0.3, -0.25) is 4.90 Å². The van der Waals surface area contributed by atoms with E-state index in [0.29, 0.717) is 19.3 Å². The van der Waals surface area contributed by atoms with Crippen LogP contribution in [0.15, 0.2) is 35.3 Å². The van der Waals surface area contributed by atoms with Crippen LogP contribution in [0.3, 0.4) is 0 Å². The molecule has 1 aromatic carbocycles. The van der Waals surface area contributed by atoms with Crippen molar-refractivity contribution < 1.29 is 19.4 Å². The summed E-state index contributed by atoms with van der Waals surface area (Å²) in [4.78, 5) is 14.5. The fraction of sp³-hybridized carbons (Fsp3) is 0.550. The SMILES string of the molecule is C=CCC[C@](O)(COC)[C@@H]1Cc2cc(Br)ccc2N1C(=O)OC(C)(C)C. The Hall–Kier alpha value is -1.37. The maximum Gasteiger partial charge on any atom is 0.415 e. The Morgan fingerprint density at radius 2 is 2.15 bits per heavy atom. The molecule has 0 spiro atoms. The lowest BCUT2D eigenvalue weighted by Crippen LogP contribution is -2.57. The molecule has 0 saturated carbocycles. The van der Waals surface area contributed by atoms with E-state index < -0.39 is 23.3 Å². The Balaban J connectivity index is 2.45. The van der Waals surface area contributed by atoms with Gasteiger partial charge in [0.05, 0.1) is 18.3 Å². The summed E-state index contributed by atoms with van der Waals surface area (Å²) in [6.07, 6.45) is 2.90. The van der Waals surface area contributed by atoms with E-state index in [0.717, 1.165) is 15.7 Å². The molecule has 144 valence electrons. The zero-order valence-corrected chi connectivity index (χ0v) is 17.5. The lowest BCUT2D eigenvalue weighted by atomic mass is 9.87. The smallest absolute Gasteiger partial charge is 0.415 e. The van der Waals surface area contributed by atoms with Gasteiger partial charge in [0, 0.05) is 11.6 Å². The van der Waals surface area contributed by atoms with Crippen LogP contribution in [0, 0.1) is 0 Å². The molecular formula is C20H28BrNO4. The van der Waals surface area contributed by atoms with Gasteiger partial charge in [0.2, 0.25) is 0 Å². The Kier molecular flexibility index (Phi) is 6.53. The first-order valence-electron chi connectivity index (χ1n) is 8.74. The molecule has 1 aliphatic heterocycles. The van der Waals surface area contributed by atoms with E-state index >= 15 is 0 Å². The number of carbonyl (C=O) groups excluding carboxylic acids is 1. The number of fused-ring (bicyclic) bond motifs is 1. The van der Waals surface area contributed by atoms with Crippen molar-refractivity contribution >= 4 is 27.7 Å². The molecule has 1 N–H and O–H groups in total. The minimum Gasteiger partial charge on any atom is -0.443 e. The second kappa shape index (κ2) is 8.11. The maximum absolute atomic E-state index is 13.0. The summed E-state index contributed by atoms with van der Waals surface area (Å²) in [6, 6.07) is 5.27. The van der Waals surface area contributed by atoms with Crippen molar-refractivity contribution in [1.82, 2.24) is 0 Å². The molecule has 5 nitrogen and oxygen atoms in total. The third-order valence-corrected chi connectivity index (χ3v) is 4.91. The number of aliphatic hydroxyl groups is 1. The van der Waals surface area contributed by atoms with E-state index in [1.807, 2.05) is 39.0 Å². The first kappa shape index (κ1) is 20.9. The fourth-order valence-corrected chi connectivity index (χ4v) is 3.73. The van der Waals surface area contributed by atoms with Crippen LogP contribution in [0.2, 0.25) is 0 Å². The average molecular weight is 426 g/mol. The molecular weight excluding hydrogens is 398 g/mol. The number of hydrogen-bond donors (Lipinski definition) is 1. The molecule has 0 saturated heterocycles. The molecule has 0 bridgehead atoms. The second-order valence-electron chi connectivity index (χ2n) is 7.71. The number of anilines is 1. The number of allylic oxidation sites excluding steroid dienone is 1. The van der Waals surface area contributed by atoms with E-state index in [2.05, 4.69) is 22.5 Å². The van der Waals surface area contributed by atoms with Crippen LogP contribution < -0.4 is 4.90 Å². The predicted octanol–water partition coefficient (Wildman–Crippen LogP) is 4.46. The molecule has 2 rings (SSSR count). The number of rotatable bonds is 6. The van der Waals surface area contributed by atoms with Crippen LogP contribution in [-0.2, 0) is 15.9 Å². The summed E-state index contributed by atoms with van der Waals surface area (Å²) >= 11 is 3.48. The number of methoxy groups -OCH3 is 1. The van der Waals surface area contributed by atoms with Gasteiger partial charge in [-0.15, -0.1) is 6.58 Å². The van der Waals surface area contributed by atoms with Gasteiger partial charge in [0.15, 0.2) is 0 Å². The minimum absolute atomic E-state index is 0.125. The predicted molar refractivity (Wildman–Crippen MR) is 107 cm³/mol. The minimum atomic E-state index is -1.20. The van der Waals surface area contributed by atoms with Gasteiger partial charge < -0.3 is 14.6 Å². The molecule has 1 heterocycles. The van der Waals surface area contributed by atoms with Gasteiger partial charge in [0.25, 0.3) is 0 Å². The highest BCUT2D eigenvalue weighted by atomic mass is 79.9. The zero-order chi connectivity index (χ0) is 19.5. The van der Waals surface area contributed by atoms with Crippen molar-refractivity contribution in [2.24, 2.45) is 0 Å². The molecule has 1 amide bonds. The molecule has 0 aromatic heterocycles. The first-order valence-corrected chi connectivity index (χ1v) is 9.53. The standard InChI is InChI=1S/C20H28BrNO4/c1-6-7-10-20(24,13-25-5)17-12-14-11-15(21)8-9-16(14)22(17)18(23)26-19(2,3)4/h6,8-9,11,17,24H,1,7,10,12-13H2,2-5H3/t17-,20-/m0/s1. The fourth-order valence-electron chi connectivity index (χ4n) is 3.32. The molecule has 0 fully saturated rings. The zero-order valence-electron chi connectivity index (χ0n) is 15.9. The van der Waals surface area contributed by atoms with E-state index in [9.17, 15) is 9.90 Å². The van der Waals surface area contributed by atoms with Crippen molar-refractivity contribution in [3.05, 3.63) is 40.9 Å². The first-order chi connectivity index (χ1) is 12.1. The largest absolute Gasteiger partial charge is 0.443 e. The van der Waals surface area contributed by atoms with Crippen molar-refractivity contribution in [2.75, 3.05) is 18.6 Å². The average Bonchev–Trinajstić information content (AvgIpc) is 2.91. The highest BCUT2D eigenvalue weighted by Gasteiger charge is 2.48. The van der Waals surface area contributed by atoms with Crippen molar-refractivity contribution in [3.8, 4) is 0 Å². The summed E-state index contributed by atoms with van der Waals surface area (Å²) in [5, 5.41) is 11.4.